The second-order valence-electron chi connectivity index (χ2n) is 2.99. The fraction of sp³-hybridized carbons (Fsp3) is 0.556. The van der Waals surface area contributed by atoms with Crippen molar-refractivity contribution in [3.05, 3.63) is 25.3 Å². The smallest absolute Gasteiger partial charge is 0.266 e. The third-order valence-corrected chi connectivity index (χ3v) is 2.42. The Morgan fingerprint density at radius 2 is 1.79 bits per heavy atom. The van der Waals surface area contributed by atoms with Crippen LogP contribution in [0.15, 0.2) is 25.3 Å². The van der Waals surface area contributed by atoms with Crippen molar-refractivity contribution in [3.63, 3.8) is 0 Å². The molecule has 0 bridgehead atoms. The average molecular weight is 219 g/mol. The zero-order chi connectivity index (χ0) is 11.0. The van der Waals surface area contributed by atoms with Gasteiger partial charge in [0.15, 0.2) is 0 Å². The Balaban J connectivity index is 3.81. The largest absolute Gasteiger partial charge is 0.312 e. The molecule has 4 nitrogen and oxygen atoms in total. The normalized spacial score (nSPS) is 11.6. The highest BCUT2D eigenvalue weighted by atomic mass is 32.2. The van der Waals surface area contributed by atoms with Gasteiger partial charge >= 0.3 is 0 Å². The van der Waals surface area contributed by atoms with E-state index in [0.29, 0.717) is 0 Å². The lowest BCUT2D eigenvalue weighted by Gasteiger charge is -2.14. The molecule has 0 saturated carbocycles. The Kier molecular flexibility index (Phi) is 6.44. The molecule has 0 aromatic heterocycles. The van der Waals surface area contributed by atoms with Gasteiger partial charge in [-0.2, -0.15) is 8.42 Å². The maximum atomic E-state index is 10.4. The van der Waals surface area contributed by atoms with Crippen molar-refractivity contribution in [3.8, 4) is 0 Å². The van der Waals surface area contributed by atoms with Crippen molar-refractivity contribution >= 4 is 10.1 Å². The molecule has 2 N–H and O–H groups in total. The van der Waals surface area contributed by atoms with Crippen LogP contribution >= 0.6 is 0 Å². The summed E-state index contributed by atoms with van der Waals surface area (Å²) in [6.07, 6.45) is 5.01. The minimum absolute atomic E-state index is 0.145. The van der Waals surface area contributed by atoms with Crippen LogP contribution in [0.2, 0.25) is 0 Å². The Morgan fingerprint density at radius 3 is 2.14 bits per heavy atom. The van der Waals surface area contributed by atoms with Gasteiger partial charge in [0.2, 0.25) is 0 Å². The van der Waals surface area contributed by atoms with Gasteiger partial charge in [0.1, 0.15) is 0 Å². The molecule has 0 aliphatic carbocycles. The molecule has 0 unspecified atom stereocenters. The van der Waals surface area contributed by atoms with Crippen molar-refractivity contribution in [2.75, 3.05) is 12.3 Å². The van der Waals surface area contributed by atoms with E-state index >= 15 is 0 Å². The van der Waals surface area contributed by atoms with Crippen LogP contribution in [0, 0.1) is 0 Å². The van der Waals surface area contributed by atoms with Gasteiger partial charge in [-0.25, -0.2) is 0 Å². The molecule has 0 aliphatic rings. The molecule has 0 heterocycles. The van der Waals surface area contributed by atoms with Crippen LogP contribution in [-0.2, 0) is 10.1 Å². The summed E-state index contributed by atoms with van der Waals surface area (Å²) in [6, 6.07) is 0.145. The number of rotatable bonds is 8. The Bertz CT molecular complexity index is 262. The van der Waals surface area contributed by atoms with Crippen molar-refractivity contribution in [2.45, 2.75) is 18.9 Å². The third-order valence-electron chi connectivity index (χ3n) is 1.70. The molecule has 0 aromatic rings. The van der Waals surface area contributed by atoms with Gasteiger partial charge < -0.3 is 5.32 Å². The minimum atomic E-state index is -3.86. The van der Waals surface area contributed by atoms with Crippen LogP contribution in [0.3, 0.4) is 0 Å². The van der Waals surface area contributed by atoms with Crippen LogP contribution in [-0.4, -0.2) is 31.3 Å². The van der Waals surface area contributed by atoms with E-state index in [1.807, 2.05) is 0 Å². The highest BCUT2D eigenvalue weighted by molar-refractivity contribution is 7.85. The molecular weight excluding hydrogens is 202 g/mol. The first-order chi connectivity index (χ1) is 6.49. The highest BCUT2D eigenvalue weighted by Crippen LogP contribution is 1.99. The lowest BCUT2D eigenvalue weighted by atomic mass is 10.1. The zero-order valence-corrected chi connectivity index (χ0v) is 8.96. The van der Waals surface area contributed by atoms with Crippen LogP contribution in [0.1, 0.15) is 12.8 Å². The van der Waals surface area contributed by atoms with E-state index < -0.39 is 10.1 Å². The molecule has 0 amide bonds. The molecule has 5 heteroatoms. The first-order valence-corrected chi connectivity index (χ1v) is 6.01. The zero-order valence-electron chi connectivity index (χ0n) is 8.15. The molecule has 0 aliphatic heterocycles. The lowest BCUT2D eigenvalue weighted by molar-refractivity contribution is 0.474. The number of nitrogens with one attached hydrogen (secondary N) is 1. The molecular formula is C9H17NO3S. The molecule has 14 heavy (non-hydrogen) atoms. The van der Waals surface area contributed by atoms with Crippen molar-refractivity contribution in [2.24, 2.45) is 0 Å². The maximum Gasteiger partial charge on any atom is 0.266 e. The van der Waals surface area contributed by atoms with Gasteiger partial charge in [0.25, 0.3) is 10.1 Å². The van der Waals surface area contributed by atoms with E-state index in [1.165, 1.54) is 0 Å². The monoisotopic (exact) mass is 219 g/mol. The minimum Gasteiger partial charge on any atom is -0.312 e. The van der Waals surface area contributed by atoms with Crippen molar-refractivity contribution in [1.82, 2.24) is 5.32 Å². The fourth-order valence-electron chi connectivity index (χ4n) is 1.06. The molecule has 0 atom stereocenters. The van der Waals surface area contributed by atoms with Gasteiger partial charge in [0, 0.05) is 12.6 Å². The van der Waals surface area contributed by atoms with E-state index in [0.717, 1.165) is 12.8 Å². The van der Waals surface area contributed by atoms with E-state index in [1.54, 1.807) is 12.2 Å². The molecule has 82 valence electrons. The Hall–Kier alpha value is -0.650. The molecule has 0 radical (unpaired) electrons. The van der Waals surface area contributed by atoms with E-state index in [2.05, 4.69) is 18.5 Å². The van der Waals surface area contributed by atoms with Crippen LogP contribution in [0.25, 0.3) is 0 Å². The van der Waals surface area contributed by atoms with Crippen LogP contribution in [0.5, 0.6) is 0 Å². The summed E-state index contributed by atoms with van der Waals surface area (Å²) in [4.78, 5) is 0. The van der Waals surface area contributed by atoms with Crippen molar-refractivity contribution < 1.29 is 13.0 Å². The van der Waals surface area contributed by atoms with Gasteiger partial charge in [-0.3, -0.25) is 4.55 Å². The van der Waals surface area contributed by atoms with Gasteiger partial charge in [-0.05, 0) is 12.8 Å². The van der Waals surface area contributed by atoms with E-state index in [4.69, 9.17) is 4.55 Å². The van der Waals surface area contributed by atoms with E-state index in [9.17, 15) is 8.42 Å². The third kappa shape index (κ3) is 7.97. The van der Waals surface area contributed by atoms with Gasteiger partial charge in [0.05, 0.1) is 5.75 Å². The van der Waals surface area contributed by atoms with Gasteiger partial charge in [-0.1, -0.05) is 12.2 Å². The summed E-state index contributed by atoms with van der Waals surface area (Å²) in [5.74, 6) is -0.266. The first kappa shape index (κ1) is 13.4. The fourth-order valence-corrected chi connectivity index (χ4v) is 1.43. The predicted molar refractivity (Wildman–Crippen MR) is 57.8 cm³/mol. The number of hydrogen-bond acceptors (Lipinski definition) is 3. The second kappa shape index (κ2) is 6.75. The molecule has 0 saturated heterocycles. The Morgan fingerprint density at radius 1 is 1.29 bits per heavy atom. The topological polar surface area (TPSA) is 66.4 Å². The summed E-state index contributed by atoms with van der Waals surface area (Å²) in [7, 11) is -3.86. The lowest BCUT2D eigenvalue weighted by Crippen LogP contribution is -2.32. The summed E-state index contributed by atoms with van der Waals surface area (Å²) in [6.45, 7) is 7.44. The Labute approximate surface area is 85.5 Å². The van der Waals surface area contributed by atoms with E-state index in [-0.39, 0.29) is 18.3 Å². The SMILES string of the molecule is C=CCC(CC=C)NCCS(=O)(=O)O. The molecule has 0 spiro atoms. The quantitative estimate of drug-likeness (QED) is 0.472. The molecule has 0 aromatic carbocycles. The predicted octanol–water partition coefficient (Wildman–Crippen LogP) is 0.985. The standard InChI is InChI=1S/C9H17NO3S/c1-3-5-9(6-4-2)10-7-8-14(11,12)13/h3-4,9-10H,1-2,5-8H2,(H,11,12,13). The second-order valence-corrected chi connectivity index (χ2v) is 4.56. The summed E-state index contributed by atoms with van der Waals surface area (Å²) >= 11 is 0. The molecule has 0 rings (SSSR count). The summed E-state index contributed by atoms with van der Waals surface area (Å²) < 4.78 is 29.3. The molecule has 0 fully saturated rings. The number of hydrogen-bond donors (Lipinski definition) is 2. The highest BCUT2D eigenvalue weighted by Gasteiger charge is 2.07. The van der Waals surface area contributed by atoms with Crippen LogP contribution < -0.4 is 5.32 Å². The van der Waals surface area contributed by atoms with Crippen LogP contribution in [0.4, 0.5) is 0 Å². The first-order valence-electron chi connectivity index (χ1n) is 4.40. The van der Waals surface area contributed by atoms with Crippen molar-refractivity contribution in [1.29, 1.82) is 0 Å². The summed E-state index contributed by atoms with van der Waals surface area (Å²) in [5, 5.41) is 3.00. The maximum absolute atomic E-state index is 10.4. The summed E-state index contributed by atoms with van der Waals surface area (Å²) in [5.41, 5.74) is 0. The average Bonchev–Trinajstić information content (AvgIpc) is 2.02. The van der Waals surface area contributed by atoms with Gasteiger partial charge in [-0.15, -0.1) is 13.2 Å².